The minimum atomic E-state index is -0.830. The molecule has 0 radical (unpaired) electrons. The fourth-order valence-electron chi connectivity index (χ4n) is 3.39. The van der Waals surface area contributed by atoms with Crippen LogP contribution in [0.25, 0.3) is 0 Å². The van der Waals surface area contributed by atoms with Gasteiger partial charge in [-0.05, 0) is 31.6 Å². The van der Waals surface area contributed by atoms with Gasteiger partial charge in [-0.3, -0.25) is 9.59 Å². The van der Waals surface area contributed by atoms with Crippen LogP contribution in [0.1, 0.15) is 32.1 Å². The summed E-state index contributed by atoms with van der Waals surface area (Å²) in [6, 6.07) is 0. The smallest absolute Gasteiger partial charge is 0.309 e. The molecule has 0 aromatic heterocycles. The topological polar surface area (TPSA) is 69.6 Å². The monoisotopic (exact) mass is 252 g/mol. The number of piperidine rings is 1. The Morgan fingerprint density at radius 3 is 2.61 bits per heavy atom. The average Bonchev–Trinajstić information content (AvgIpc) is 3.07. The van der Waals surface area contributed by atoms with Crippen molar-refractivity contribution in [3.63, 3.8) is 0 Å². The van der Waals surface area contributed by atoms with Gasteiger partial charge in [0.2, 0.25) is 5.91 Å². The Kier molecular flexibility index (Phi) is 2.81. The van der Waals surface area contributed by atoms with Crippen molar-refractivity contribution in [1.29, 1.82) is 0 Å². The van der Waals surface area contributed by atoms with Crippen molar-refractivity contribution in [2.75, 3.05) is 19.6 Å². The predicted molar refractivity (Wildman–Crippen MR) is 65.0 cm³/mol. The summed E-state index contributed by atoms with van der Waals surface area (Å²) in [5, 5.41) is 12.2. The maximum Gasteiger partial charge on any atom is 0.309 e. The van der Waals surface area contributed by atoms with E-state index >= 15 is 0 Å². The number of carboxylic acid groups (broad SMARTS) is 1. The Bertz CT molecular complexity index is 370. The van der Waals surface area contributed by atoms with Crippen LogP contribution in [-0.4, -0.2) is 47.1 Å². The van der Waals surface area contributed by atoms with Crippen molar-refractivity contribution in [2.24, 2.45) is 11.8 Å². The third-order valence-corrected chi connectivity index (χ3v) is 4.70. The SMILES string of the molecule is O=C1CC(C(=O)O)C2(CCN(CC3CC3)CC2)N1. The van der Waals surface area contributed by atoms with E-state index in [2.05, 4.69) is 10.2 Å². The second kappa shape index (κ2) is 4.23. The average molecular weight is 252 g/mol. The highest BCUT2D eigenvalue weighted by molar-refractivity contribution is 5.88. The molecule has 3 rings (SSSR count). The Hall–Kier alpha value is -1.10. The molecule has 1 saturated carbocycles. The van der Waals surface area contributed by atoms with Crippen LogP contribution in [0.2, 0.25) is 0 Å². The highest BCUT2D eigenvalue weighted by Crippen LogP contribution is 2.38. The van der Waals surface area contributed by atoms with Gasteiger partial charge in [0, 0.05) is 26.1 Å². The van der Waals surface area contributed by atoms with Crippen molar-refractivity contribution in [2.45, 2.75) is 37.6 Å². The first-order valence-corrected chi connectivity index (χ1v) is 6.85. The maximum absolute atomic E-state index is 11.5. The molecule has 0 aromatic carbocycles. The summed E-state index contributed by atoms with van der Waals surface area (Å²) in [7, 11) is 0. The molecule has 2 saturated heterocycles. The van der Waals surface area contributed by atoms with Crippen molar-refractivity contribution in [1.82, 2.24) is 10.2 Å². The van der Waals surface area contributed by atoms with Gasteiger partial charge in [0.1, 0.15) is 0 Å². The molecule has 1 amide bonds. The van der Waals surface area contributed by atoms with Crippen molar-refractivity contribution >= 4 is 11.9 Å². The number of amides is 1. The quantitative estimate of drug-likeness (QED) is 0.765. The number of carbonyl (C=O) groups excluding carboxylic acids is 1. The third-order valence-electron chi connectivity index (χ3n) is 4.70. The molecule has 5 heteroatoms. The van der Waals surface area contributed by atoms with Gasteiger partial charge in [0.25, 0.3) is 0 Å². The van der Waals surface area contributed by atoms with Crippen molar-refractivity contribution < 1.29 is 14.7 Å². The minimum Gasteiger partial charge on any atom is -0.481 e. The van der Waals surface area contributed by atoms with Gasteiger partial charge < -0.3 is 15.3 Å². The van der Waals surface area contributed by atoms with Crippen LogP contribution in [0.15, 0.2) is 0 Å². The number of carbonyl (C=O) groups is 2. The number of nitrogens with zero attached hydrogens (tertiary/aromatic N) is 1. The first kappa shape index (κ1) is 12.0. The molecule has 1 spiro atoms. The number of hydrogen-bond acceptors (Lipinski definition) is 3. The minimum absolute atomic E-state index is 0.0990. The van der Waals surface area contributed by atoms with Gasteiger partial charge in [-0.2, -0.15) is 0 Å². The molecular formula is C13H20N2O3. The molecule has 3 aliphatic rings. The largest absolute Gasteiger partial charge is 0.481 e. The van der Waals surface area contributed by atoms with Crippen LogP contribution in [-0.2, 0) is 9.59 Å². The van der Waals surface area contributed by atoms with E-state index in [-0.39, 0.29) is 12.3 Å². The summed E-state index contributed by atoms with van der Waals surface area (Å²) >= 11 is 0. The first-order chi connectivity index (χ1) is 8.59. The number of carboxylic acids is 1. The summed E-state index contributed by atoms with van der Waals surface area (Å²) in [6.07, 6.45) is 4.40. The van der Waals surface area contributed by atoms with Crippen molar-refractivity contribution in [3.8, 4) is 0 Å². The Morgan fingerprint density at radius 1 is 1.39 bits per heavy atom. The molecule has 1 aliphatic carbocycles. The van der Waals surface area contributed by atoms with Crippen LogP contribution >= 0.6 is 0 Å². The maximum atomic E-state index is 11.5. The number of aliphatic carboxylic acids is 1. The van der Waals surface area contributed by atoms with E-state index in [0.717, 1.165) is 38.4 Å². The molecule has 5 nitrogen and oxygen atoms in total. The van der Waals surface area contributed by atoms with Gasteiger partial charge in [-0.15, -0.1) is 0 Å². The molecule has 3 fully saturated rings. The third kappa shape index (κ3) is 2.11. The molecule has 100 valence electrons. The Balaban J connectivity index is 1.64. The fraction of sp³-hybridized carbons (Fsp3) is 0.846. The lowest BCUT2D eigenvalue weighted by Crippen LogP contribution is -2.55. The number of hydrogen-bond donors (Lipinski definition) is 2. The lowest BCUT2D eigenvalue weighted by atomic mass is 9.77. The summed E-state index contributed by atoms with van der Waals surface area (Å²) in [6.45, 7) is 2.99. The fourth-order valence-corrected chi connectivity index (χ4v) is 3.39. The molecular weight excluding hydrogens is 232 g/mol. The first-order valence-electron chi connectivity index (χ1n) is 6.85. The second-order valence-electron chi connectivity index (χ2n) is 6.04. The number of rotatable bonds is 3. The molecule has 1 unspecified atom stereocenters. The zero-order chi connectivity index (χ0) is 12.8. The van der Waals surface area contributed by atoms with E-state index in [4.69, 9.17) is 0 Å². The lowest BCUT2D eigenvalue weighted by Gasteiger charge is -2.41. The highest BCUT2D eigenvalue weighted by Gasteiger charge is 2.51. The van der Waals surface area contributed by atoms with Crippen molar-refractivity contribution in [3.05, 3.63) is 0 Å². The second-order valence-corrected chi connectivity index (χ2v) is 6.04. The predicted octanol–water partition coefficient (Wildman–Crippen LogP) is 0.452. The van der Waals surface area contributed by atoms with Gasteiger partial charge >= 0.3 is 5.97 Å². The van der Waals surface area contributed by atoms with Crippen LogP contribution in [0.3, 0.4) is 0 Å². The molecule has 2 heterocycles. The molecule has 0 bridgehead atoms. The van der Waals surface area contributed by atoms with Crippen LogP contribution in [0.5, 0.6) is 0 Å². The molecule has 1 atom stereocenters. The summed E-state index contributed by atoms with van der Waals surface area (Å²) in [5.41, 5.74) is -0.469. The molecule has 2 N–H and O–H groups in total. The van der Waals surface area contributed by atoms with Gasteiger partial charge in [0.15, 0.2) is 0 Å². The normalized spacial score (nSPS) is 31.6. The molecule has 18 heavy (non-hydrogen) atoms. The van der Waals surface area contributed by atoms with E-state index in [1.54, 1.807) is 0 Å². The van der Waals surface area contributed by atoms with E-state index in [9.17, 15) is 14.7 Å². The Labute approximate surface area is 107 Å². The van der Waals surface area contributed by atoms with E-state index in [1.165, 1.54) is 12.8 Å². The zero-order valence-corrected chi connectivity index (χ0v) is 10.5. The highest BCUT2D eigenvalue weighted by atomic mass is 16.4. The van der Waals surface area contributed by atoms with Crippen LogP contribution in [0, 0.1) is 11.8 Å². The van der Waals surface area contributed by atoms with E-state index < -0.39 is 17.4 Å². The molecule has 2 aliphatic heterocycles. The zero-order valence-electron chi connectivity index (χ0n) is 10.5. The molecule has 0 aromatic rings. The van der Waals surface area contributed by atoms with E-state index in [1.807, 2.05) is 0 Å². The van der Waals surface area contributed by atoms with Crippen LogP contribution < -0.4 is 5.32 Å². The lowest BCUT2D eigenvalue weighted by molar-refractivity contribution is -0.144. The van der Waals surface area contributed by atoms with E-state index in [0.29, 0.717) is 0 Å². The van der Waals surface area contributed by atoms with Crippen LogP contribution in [0.4, 0.5) is 0 Å². The standard InChI is InChI=1S/C13H20N2O3/c16-11-7-10(12(17)18)13(14-11)3-5-15(6-4-13)8-9-1-2-9/h9-10H,1-8H2,(H,14,16)(H,17,18). The number of likely N-dealkylation sites (tertiary alicyclic amines) is 1. The van der Waals surface area contributed by atoms with Gasteiger partial charge in [0.05, 0.1) is 11.5 Å². The number of nitrogens with one attached hydrogen (secondary N) is 1. The Morgan fingerprint density at radius 2 is 2.06 bits per heavy atom. The summed E-state index contributed by atoms with van der Waals surface area (Å²) in [5.74, 6) is -0.595. The summed E-state index contributed by atoms with van der Waals surface area (Å²) in [4.78, 5) is 25.2. The summed E-state index contributed by atoms with van der Waals surface area (Å²) < 4.78 is 0. The van der Waals surface area contributed by atoms with Gasteiger partial charge in [-0.25, -0.2) is 0 Å². The van der Waals surface area contributed by atoms with Gasteiger partial charge in [-0.1, -0.05) is 0 Å².